The second-order valence-electron chi connectivity index (χ2n) is 8.81. The maximum Gasteiger partial charge on any atom is 0.262 e. The number of carbonyl (C=O) groups excluding carboxylic acids is 1. The fraction of sp³-hybridized carbons (Fsp3) is 0.400. The Morgan fingerprint density at radius 1 is 1.30 bits per heavy atom. The second-order valence-corrected chi connectivity index (χ2v) is 8.81. The summed E-state index contributed by atoms with van der Waals surface area (Å²) >= 11 is 0. The van der Waals surface area contributed by atoms with Crippen LogP contribution in [-0.2, 0) is 15.1 Å². The van der Waals surface area contributed by atoms with Crippen molar-refractivity contribution in [3.63, 3.8) is 0 Å². The second kappa shape index (κ2) is 7.85. The predicted octanol–water partition coefficient (Wildman–Crippen LogP) is 3.31. The number of fused-ring (bicyclic) bond motifs is 4. The predicted molar refractivity (Wildman–Crippen MR) is 120 cm³/mol. The first-order chi connectivity index (χ1) is 15.9. The van der Waals surface area contributed by atoms with Crippen LogP contribution in [0.1, 0.15) is 37.3 Å². The van der Waals surface area contributed by atoms with E-state index in [1.807, 2.05) is 25.1 Å². The molecule has 5 rings (SSSR count). The molecule has 8 heteroatoms. The van der Waals surface area contributed by atoms with Crippen LogP contribution in [0.15, 0.2) is 41.4 Å². The van der Waals surface area contributed by atoms with Crippen molar-refractivity contribution in [3.05, 3.63) is 53.3 Å². The van der Waals surface area contributed by atoms with Crippen LogP contribution in [0.5, 0.6) is 5.75 Å². The molecule has 33 heavy (non-hydrogen) atoms. The molecule has 2 aromatic carbocycles. The van der Waals surface area contributed by atoms with E-state index in [9.17, 15) is 14.4 Å². The highest BCUT2D eigenvalue weighted by Gasteiger charge is 2.61. The summed E-state index contributed by atoms with van der Waals surface area (Å²) < 4.78 is 26.4. The average Bonchev–Trinajstić information content (AvgIpc) is 3.04. The van der Waals surface area contributed by atoms with Gasteiger partial charge >= 0.3 is 0 Å². The zero-order chi connectivity index (χ0) is 23.3. The number of carbonyl (C=O) groups is 1. The minimum atomic E-state index is -1.23. The van der Waals surface area contributed by atoms with Crippen LogP contribution in [0.25, 0.3) is 11.1 Å². The van der Waals surface area contributed by atoms with E-state index in [4.69, 9.17) is 20.2 Å². The fourth-order valence-electron chi connectivity index (χ4n) is 5.45. The van der Waals surface area contributed by atoms with Crippen molar-refractivity contribution in [2.24, 2.45) is 16.6 Å². The van der Waals surface area contributed by atoms with Gasteiger partial charge < -0.3 is 15.2 Å². The molecule has 2 unspecified atom stereocenters. The molecule has 170 valence electrons. The SMILES string of the molecule is CCO[C@@H]1CCC2Oc3ccc(-c4cc(F)cc(C#N)c4)cc3C3(N=C(N)N(C)C3=O)[C@H]2C1. The van der Waals surface area contributed by atoms with E-state index in [-0.39, 0.29) is 35.6 Å². The van der Waals surface area contributed by atoms with Crippen molar-refractivity contribution >= 4 is 11.9 Å². The molecule has 0 aromatic heterocycles. The first-order valence-corrected chi connectivity index (χ1v) is 11.1. The first-order valence-electron chi connectivity index (χ1n) is 11.1. The number of amides is 1. The summed E-state index contributed by atoms with van der Waals surface area (Å²) in [5, 5.41) is 9.25. The summed E-state index contributed by atoms with van der Waals surface area (Å²) in [5.74, 6) is -0.215. The van der Waals surface area contributed by atoms with Crippen LogP contribution in [0.2, 0.25) is 0 Å². The lowest BCUT2D eigenvalue weighted by Gasteiger charge is -2.47. The number of nitrogens with zero attached hydrogens (tertiary/aromatic N) is 3. The number of hydrogen-bond acceptors (Lipinski definition) is 6. The van der Waals surface area contributed by atoms with Crippen molar-refractivity contribution in [1.29, 1.82) is 5.26 Å². The Balaban J connectivity index is 1.68. The third-order valence-corrected chi connectivity index (χ3v) is 6.97. The number of nitrogens with two attached hydrogens (primary N) is 1. The van der Waals surface area contributed by atoms with E-state index in [0.717, 1.165) is 12.8 Å². The number of likely N-dealkylation sites (N-methyl/N-ethyl adjacent to an activating group) is 1. The largest absolute Gasteiger partial charge is 0.490 e. The van der Waals surface area contributed by atoms with Crippen molar-refractivity contribution in [1.82, 2.24) is 4.90 Å². The highest BCUT2D eigenvalue weighted by molar-refractivity contribution is 6.07. The minimum Gasteiger partial charge on any atom is -0.490 e. The Morgan fingerprint density at radius 2 is 2.12 bits per heavy atom. The molecular weight excluding hydrogens is 423 g/mol. The Bertz CT molecular complexity index is 1210. The van der Waals surface area contributed by atoms with Gasteiger partial charge in [0.15, 0.2) is 11.5 Å². The number of benzene rings is 2. The van der Waals surface area contributed by atoms with Gasteiger partial charge in [-0.3, -0.25) is 9.69 Å². The Hall–Kier alpha value is -3.44. The molecule has 1 aliphatic carbocycles. The van der Waals surface area contributed by atoms with E-state index in [1.165, 1.54) is 17.0 Å². The summed E-state index contributed by atoms with van der Waals surface area (Å²) in [6, 6.07) is 11.6. The van der Waals surface area contributed by atoms with E-state index < -0.39 is 11.4 Å². The molecular formula is C25H25FN4O3. The van der Waals surface area contributed by atoms with Gasteiger partial charge in [-0.25, -0.2) is 9.38 Å². The van der Waals surface area contributed by atoms with E-state index in [1.54, 1.807) is 19.2 Å². The van der Waals surface area contributed by atoms with Gasteiger partial charge in [0.1, 0.15) is 17.7 Å². The smallest absolute Gasteiger partial charge is 0.262 e. The molecule has 2 heterocycles. The summed E-state index contributed by atoms with van der Waals surface area (Å²) in [5.41, 5.74) is 6.96. The number of guanidine groups is 1. The van der Waals surface area contributed by atoms with E-state index in [0.29, 0.717) is 35.5 Å². The molecule has 0 saturated heterocycles. The lowest BCUT2D eigenvalue weighted by molar-refractivity contribution is -0.139. The molecule has 2 N–H and O–H groups in total. The number of rotatable bonds is 3. The van der Waals surface area contributed by atoms with Crippen molar-refractivity contribution in [3.8, 4) is 22.9 Å². The monoisotopic (exact) mass is 448 g/mol. The third kappa shape index (κ3) is 3.26. The van der Waals surface area contributed by atoms with Crippen molar-refractivity contribution < 1.29 is 18.7 Å². The van der Waals surface area contributed by atoms with E-state index in [2.05, 4.69) is 0 Å². The molecule has 4 atom stereocenters. The third-order valence-electron chi connectivity index (χ3n) is 6.97. The quantitative estimate of drug-likeness (QED) is 0.776. The Kier molecular flexibility index (Phi) is 5.09. The normalized spacial score (nSPS) is 28.1. The zero-order valence-electron chi connectivity index (χ0n) is 18.5. The van der Waals surface area contributed by atoms with E-state index >= 15 is 0 Å². The molecule has 0 radical (unpaired) electrons. The lowest BCUT2D eigenvalue weighted by Crippen LogP contribution is -2.55. The van der Waals surface area contributed by atoms with Crippen LogP contribution in [0.3, 0.4) is 0 Å². The maximum atomic E-state index is 14.1. The number of halogens is 1. The van der Waals surface area contributed by atoms with Gasteiger partial charge in [0, 0.05) is 25.1 Å². The Morgan fingerprint density at radius 3 is 2.82 bits per heavy atom. The number of aliphatic imine (C=N–C) groups is 1. The molecule has 1 spiro atoms. The van der Waals surface area contributed by atoms with Gasteiger partial charge in [0.25, 0.3) is 5.91 Å². The number of ether oxygens (including phenoxy) is 2. The zero-order valence-corrected chi connectivity index (χ0v) is 18.5. The van der Waals surface area contributed by atoms with Gasteiger partial charge in [0.2, 0.25) is 0 Å². The van der Waals surface area contributed by atoms with Crippen LogP contribution in [-0.4, -0.2) is 42.6 Å². The van der Waals surface area contributed by atoms with Gasteiger partial charge in [-0.15, -0.1) is 0 Å². The maximum absolute atomic E-state index is 14.1. The summed E-state index contributed by atoms with van der Waals surface area (Å²) in [7, 11) is 1.62. The topological polar surface area (TPSA) is 101 Å². The van der Waals surface area contributed by atoms with Crippen LogP contribution in [0.4, 0.5) is 4.39 Å². The van der Waals surface area contributed by atoms with Crippen LogP contribution >= 0.6 is 0 Å². The summed E-state index contributed by atoms with van der Waals surface area (Å²) in [6.45, 7) is 2.55. The van der Waals surface area contributed by atoms with Crippen molar-refractivity contribution in [2.75, 3.05) is 13.7 Å². The van der Waals surface area contributed by atoms with Gasteiger partial charge in [-0.05, 0) is 67.6 Å². The molecule has 1 saturated carbocycles. The Labute approximate surface area is 191 Å². The van der Waals surface area contributed by atoms with Crippen molar-refractivity contribution in [2.45, 2.75) is 43.9 Å². The average molecular weight is 448 g/mol. The minimum absolute atomic E-state index is 0.0120. The highest BCUT2D eigenvalue weighted by atomic mass is 19.1. The molecule has 7 nitrogen and oxygen atoms in total. The molecule has 3 aliphatic rings. The number of nitriles is 1. The lowest BCUT2D eigenvalue weighted by atomic mass is 9.66. The number of hydrogen-bond donors (Lipinski definition) is 1. The van der Waals surface area contributed by atoms with Gasteiger partial charge in [-0.2, -0.15) is 5.26 Å². The van der Waals surface area contributed by atoms with Gasteiger partial charge in [0.05, 0.1) is 17.7 Å². The van der Waals surface area contributed by atoms with Crippen LogP contribution < -0.4 is 10.5 Å². The highest BCUT2D eigenvalue weighted by Crippen LogP contribution is 2.54. The summed E-state index contributed by atoms with van der Waals surface area (Å²) in [4.78, 5) is 19.9. The molecule has 1 fully saturated rings. The fourth-order valence-corrected chi connectivity index (χ4v) is 5.45. The molecule has 2 aliphatic heterocycles. The molecule has 1 amide bonds. The molecule has 2 aromatic rings. The van der Waals surface area contributed by atoms with Gasteiger partial charge in [-0.1, -0.05) is 6.07 Å². The van der Waals surface area contributed by atoms with Crippen LogP contribution in [0, 0.1) is 23.1 Å². The standard InChI is InChI=1S/C25H25FN4O3/c1-3-32-18-5-7-22-20(12-18)25(23(31)30(2)24(28)29-25)19-11-15(4-6-21(19)33-22)16-8-14(13-27)9-17(26)10-16/h4,6,8-11,18,20,22H,3,5,7,12H2,1-2H3,(H2,28,29)/t18-,20+,22?,25?/m1/s1. The molecule has 0 bridgehead atoms. The summed E-state index contributed by atoms with van der Waals surface area (Å²) in [6.07, 6.45) is 2.04. The first kappa shape index (κ1) is 21.4.